The van der Waals surface area contributed by atoms with Crippen LogP contribution in [0.2, 0.25) is 0 Å². The second kappa shape index (κ2) is 2.79. The van der Waals surface area contributed by atoms with E-state index in [9.17, 15) is 0 Å². The third kappa shape index (κ3) is 1.08. The van der Waals surface area contributed by atoms with Crippen LogP contribution in [-0.4, -0.2) is 12.6 Å². The highest BCUT2D eigenvalue weighted by molar-refractivity contribution is 5.57. The quantitative estimate of drug-likeness (QED) is 0.657. The zero-order chi connectivity index (χ0) is 8.55. The Labute approximate surface area is 72.8 Å². The van der Waals surface area contributed by atoms with Crippen LogP contribution in [-0.2, 0) is 0 Å². The maximum Gasteiger partial charge on any atom is 0.0377 e. The minimum atomic E-state index is 0.237. The first-order valence-corrected chi connectivity index (χ1v) is 4.37. The molecule has 0 spiro atoms. The lowest BCUT2D eigenvalue weighted by molar-refractivity contribution is 0.610. The molecule has 2 unspecified atom stereocenters. The molecule has 1 aliphatic rings. The Bertz CT molecular complexity index is 281. The van der Waals surface area contributed by atoms with E-state index in [1.165, 1.54) is 11.3 Å². The van der Waals surface area contributed by atoms with Gasteiger partial charge in [-0.05, 0) is 18.6 Å². The SMILES string of the molecule is CC(N)C1CNc2ccccc21. The van der Waals surface area contributed by atoms with Crippen LogP contribution < -0.4 is 11.1 Å². The molecular formula is C10H14N2. The molecule has 0 saturated heterocycles. The van der Waals surface area contributed by atoms with Gasteiger partial charge in [-0.15, -0.1) is 0 Å². The monoisotopic (exact) mass is 162 g/mol. The minimum absolute atomic E-state index is 0.237. The molecule has 2 nitrogen and oxygen atoms in total. The van der Waals surface area contributed by atoms with Crippen molar-refractivity contribution in [1.82, 2.24) is 0 Å². The molecule has 3 N–H and O–H groups in total. The number of anilines is 1. The van der Waals surface area contributed by atoms with Gasteiger partial charge in [-0.1, -0.05) is 18.2 Å². The summed E-state index contributed by atoms with van der Waals surface area (Å²) >= 11 is 0. The first-order valence-electron chi connectivity index (χ1n) is 4.37. The van der Waals surface area contributed by atoms with E-state index in [2.05, 4.69) is 36.5 Å². The third-order valence-corrected chi connectivity index (χ3v) is 2.51. The number of nitrogens with one attached hydrogen (secondary N) is 1. The number of hydrogen-bond acceptors (Lipinski definition) is 2. The molecule has 2 atom stereocenters. The maximum absolute atomic E-state index is 5.87. The number of fused-ring (bicyclic) bond motifs is 1. The van der Waals surface area contributed by atoms with Gasteiger partial charge in [-0.25, -0.2) is 0 Å². The zero-order valence-corrected chi connectivity index (χ0v) is 7.25. The number of para-hydroxylation sites is 1. The van der Waals surface area contributed by atoms with E-state index in [0.717, 1.165) is 6.54 Å². The van der Waals surface area contributed by atoms with Crippen molar-refractivity contribution in [2.45, 2.75) is 18.9 Å². The predicted molar refractivity (Wildman–Crippen MR) is 51.3 cm³/mol. The molecule has 0 fully saturated rings. The molecule has 12 heavy (non-hydrogen) atoms. The van der Waals surface area contributed by atoms with Crippen LogP contribution in [0.4, 0.5) is 5.69 Å². The van der Waals surface area contributed by atoms with Crippen LogP contribution in [0.25, 0.3) is 0 Å². The minimum Gasteiger partial charge on any atom is -0.384 e. The van der Waals surface area contributed by atoms with Gasteiger partial charge in [-0.3, -0.25) is 0 Å². The largest absolute Gasteiger partial charge is 0.384 e. The molecule has 2 rings (SSSR count). The van der Waals surface area contributed by atoms with Gasteiger partial charge >= 0.3 is 0 Å². The van der Waals surface area contributed by atoms with Crippen molar-refractivity contribution < 1.29 is 0 Å². The first kappa shape index (κ1) is 7.62. The summed E-state index contributed by atoms with van der Waals surface area (Å²) in [5, 5.41) is 3.35. The lowest BCUT2D eigenvalue weighted by Crippen LogP contribution is -2.25. The topological polar surface area (TPSA) is 38.0 Å². The second-order valence-electron chi connectivity index (χ2n) is 3.43. The highest BCUT2D eigenvalue weighted by Crippen LogP contribution is 2.32. The lowest BCUT2D eigenvalue weighted by atomic mass is 9.95. The fourth-order valence-electron chi connectivity index (χ4n) is 1.78. The molecule has 2 heteroatoms. The molecule has 0 radical (unpaired) electrons. The molecule has 0 amide bonds. The van der Waals surface area contributed by atoms with E-state index < -0.39 is 0 Å². The van der Waals surface area contributed by atoms with Crippen molar-refractivity contribution in [1.29, 1.82) is 0 Å². The van der Waals surface area contributed by atoms with Gasteiger partial charge in [-0.2, -0.15) is 0 Å². The van der Waals surface area contributed by atoms with Crippen LogP contribution in [0.5, 0.6) is 0 Å². The molecule has 64 valence electrons. The Morgan fingerprint density at radius 3 is 3.00 bits per heavy atom. The molecule has 0 bridgehead atoms. The van der Waals surface area contributed by atoms with Crippen molar-refractivity contribution in [2.75, 3.05) is 11.9 Å². The molecule has 1 aliphatic heterocycles. The Hall–Kier alpha value is -1.02. The Morgan fingerprint density at radius 1 is 1.50 bits per heavy atom. The van der Waals surface area contributed by atoms with Gasteiger partial charge in [0.05, 0.1) is 0 Å². The lowest BCUT2D eigenvalue weighted by Gasteiger charge is -2.13. The van der Waals surface area contributed by atoms with Gasteiger partial charge in [0.2, 0.25) is 0 Å². The summed E-state index contributed by atoms with van der Waals surface area (Å²) in [6.07, 6.45) is 0. The van der Waals surface area contributed by atoms with E-state index in [1.54, 1.807) is 0 Å². The van der Waals surface area contributed by atoms with Crippen LogP contribution >= 0.6 is 0 Å². The second-order valence-corrected chi connectivity index (χ2v) is 3.43. The maximum atomic E-state index is 5.87. The summed E-state index contributed by atoms with van der Waals surface area (Å²) in [6.45, 7) is 3.05. The Kier molecular flexibility index (Phi) is 1.77. The summed E-state index contributed by atoms with van der Waals surface area (Å²) < 4.78 is 0. The van der Waals surface area contributed by atoms with Crippen molar-refractivity contribution in [3.05, 3.63) is 29.8 Å². The molecule has 0 aliphatic carbocycles. The standard InChI is InChI=1S/C10H14N2/c1-7(11)9-6-12-10-5-3-2-4-8(9)10/h2-5,7,9,12H,6,11H2,1H3. The van der Waals surface area contributed by atoms with E-state index in [-0.39, 0.29) is 6.04 Å². The van der Waals surface area contributed by atoms with Gasteiger partial charge in [0.1, 0.15) is 0 Å². The van der Waals surface area contributed by atoms with Crippen molar-refractivity contribution in [3.63, 3.8) is 0 Å². The van der Waals surface area contributed by atoms with Gasteiger partial charge in [0.25, 0.3) is 0 Å². The van der Waals surface area contributed by atoms with Crippen LogP contribution in [0.15, 0.2) is 24.3 Å². The molecule has 0 saturated carbocycles. The summed E-state index contributed by atoms with van der Waals surface area (Å²) in [5.41, 5.74) is 8.49. The number of rotatable bonds is 1. The Morgan fingerprint density at radius 2 is 2.25 bits per heavy atom. The predicted octanol–water partition coefficient (Wildman–Crippen LogP) is 1.54. The Balaban J connectivity index is 2.36. The van der Waals surface area contributed by atoms with E-state index in [4.69, 9.17) is 5.73 Å². The highest BCUT2D eigenvalue weighted by atomic mass is 14.9. The number of hydrogen-bond donors (Lipinski definition) is 2. The summed E-state index contributed by atoms with van der Waals surface area (Å²) in [5.74, 6) is 0.487. The van der Waals surface area contributed by atoms with Crippen LogP contribution in [0.1, 0.15) is 18.4 Å². The smallest absolute Gasteiger partial charge is 0.0377 e. The molecule has 1 aromatic rings. The summed E-state index contributed by atoms with van der Waals surface area (Å²) in [4.78, 5) is 0. The molecular weight excluding hydrogens is 148 g/mol. The highest BCUT2D eigenvalue weighted by Gasteiger charge is 2.23. The number of nitrogens with two attached hydrogens (primary N) is 1. The fourth-order valence-corrected chi connectivity index (χ4v) is 1.78. The average Bonchev–Trinajstić information content (AvgIpc) is 2.47. The molecule has 1 aromatic carbocycles. The normalized spacial score (nSPS) is 23.0. The van der Waals surface area contributed by atoms with Crippen molar-refractivity contribution in [2.24, 2.45) is 5.73 Å². The van der Waals surface area contributed by atoms with Crippen molar-refractivity contribution in [3.8, 4) is 0 Å². The van der Waals surface area contributed by atoms with Crippen molar-refractivity contribution >= 4 is 5.69 Å². The van der Waals surface area contributed by atoms with E-state index >= 15 is 0 Å². The first-order chi connectivity index (χ1) is 5.79. The zero-order valence-electron chi connectivity index (χ0n) is 7.25. The molecule has 0 aromatic heterocycles. The van der Waals surface area contributed by atoms with Gasteiger partial charge < -0.3 is 11.1 Å². The number of benzene rings is 1. The van der Waals surface area contributed by atoms with Crippen LogP contribution in [0.3, 0.4) is 0 Å². The average molecular weight is 162 g/mol. The van der Waals surface area contributed by atoms with E-state index in [1.807, 2.05) is 0 Å². The van der Waals surface area contributed by atoms with E-state index in [0.29, 0.717) is 5.92 Å². The molecule has 1 heterocycles. The fraction of sp³-hybridized carbons (Fsp3) is 0.400. The summed E-state index contributed by atoms with van der Waals surface area (Å²) in [6, 6.07) is 8.62. The van der Waals surface area contributed by atoms with Gasteiger partial charge in [0, 0.05) is 24.2 Å². The van der Waals surface area contributed by atoms with Crippen LogP contribution in [0, 0.1) is 0 Å². The van der Waals surface area contributed by atoms with Gasteiger partial charge in [0.15, 0.2) is 0 Å². The third-order valence-electron chi connectivity index (χ3n) is 2.51. The summed E-state index contributed by atoms with van der Waals surface area (Å²) in [7, 11) is 0.